The summed E-state index contributed by atoms with van der Waals surface area (Å²) in [5, 5.41) is 0. The Kier molecular flexibility index (Phi) is 6.04. The van der Waals surface area contributed by atoms with Gasteiger partial charge in [-0.3, -0.25) is 0 Å². The third-order valence-corrected chi connectivity index (χ3v) is 3.20. The van der Waals surface area contributed by atoms with Gasteiger partial charge in [-0.2, -0.15) is 30.7 Å². The molecule has 0 heterocycles. The van der Waals surface area contributed by atoms with Gasteiger partial charge in [-0.25, -0.2) is 0 Å². The van der Waals surface area contributed by atoms with Gasteiger partial charge in [-0.15, -0.1) is 0 Å². The molecule has 0 aliphatic rings. The lowest BCUT2D eigenvalue weighted by Crippen LogP contribution is -2.52. The molecule has 0 spiro atoms. The van der Waals surface area contributed by atoms with E-state index in [9.17, 15) is 30.7 Å². The molecule has 1 aromatic carbocycles. The van der Waals surface area contributed by atoms with Crippen molar-refractivity contribution in [2.45, 2.75) is 56.9 Å². The number of ether oxygens (including phenoxy) is 2. The molecule has 2 nitrogen and oxygen atoms in total. The highest BCUT2D eigenvalue weighted by Gasteiger charge is 2.73. The number of hydrogen-bond acceptors (Lipinski definition) is 2. The summed E-state index contributed by atoms with van der Waals surface area (Å²) in [5.41, 5.74) is -0.615. The Morgan fingerprint density at radius 2 is 1.52 bits per heavy atom. The zero-order valence-electron chi connectivity index (χ0n) is 14.1. The minimum Gasteiger partial charge on any atom is -0.488 e. The first kappa shape index (κ1) is 21.5. The monoisotopic (exact) mass is 376 g/mol. The van der Waals surface area contributed by atoms with Gasteiger partial charge in [-0.05, 0) is 38.5 Å². The van der Waals surface area contributed by atoms with Crippen LogP contribution >= 0.6 is 0 Å². The van der Waals surface area contributed by atoms with Gasteiger partial charge in [0.25, 0.3) is 0 Å². The molecule has 1 unspecified atom stereocenters. The number of alkyl halides is 7. The molecule has 144 valence electrons. The second-order valence-electron chi connectivity index (χ2n) is 6.49. The van der Waals surface area contributed by atoms with Crippen molar-refractivity contribution < 1.29 is 40.2 Å². The van der Waals surface area contributed by atoms with Gasteiger partial charge in [0.1, 0.15) is 11.4 Å². The summed E-state index contributed by atoms with van der Waals surface area (Å²) in [4.78, 5) is 0. The first-order valence-corrected chi connectivity index (χ1v) is 7.25. The van der Waals surface area contributed by atoms with Crippen LogP contribution in [0, 0.1) is 0 Å². The lowest BCUT2D eigenvalue weighted by molar-refractivity contribution is -0.358. The van der Waals surface area contributed by atoms with Crippen LogP contribution in [0.2, 0.25) is 0 Å². The van der Waals surface area contributed by atoms with Gasteiger partial charge in [0.05, 0.1) is 6.10 Å². The Hall–Kier alpha value is -1.51. The molecular formula is C16H19F7O2. The van der Waals surface area contributed by atoms with E-state index in [2.05, 4.69) is 0 Å². The van der Waals surface area contributed by atoms with Crippen LogP contribution in [0.5, 0.6) is 5.75 Å². The lowest BCUT2D eigenvalue weighted by Gasteiger charge is -2.31. The molecule has 25 heavy (non-hydrogen) atoms. The van der Waals surface area contributed by atoms with Crippen molar-refractivity contribution in [1.29, 1.82) is 0 Å². The van der Waals surface area contributed by atoms with E-state index >= 15 is 0 Å². The maximum absolute atomic E-state index is 13.6. The smallest absolute Gasteiger partial charge is 0.459 e. The highest BCUT2D eigenvalue weighted by molar-refractivity contribution is 5.30. The Labute approximate surface area is 140 Å². The highest BCUT2D eigenvalue weighted by Crippen LogP contribution is 2.50. The average Bonchev–Trinajstić information content (AvgIpc) is 2.41. The van der Waals surface area contributed by atoms with Crippen molar-refractivity contribution in [1.82, 2.24) is 0 Å². The summed E-state index contributed by atoms with van der Waals surface area (Å²) >= 11 is 0. The van der Waals surface area contributed by atoms with Crippen molar-refractivity contribution in [3.8, 4) is 5.75 Å². The lowest BCUT2D eigenvalue weighted by atomic mass is 9.98. The Bertz CT molecular complexity index is 577. The van der Waals surface area contributed by atoms with E-state index in [4.69, 9.17) is 9.47 Å². The van der Waals surface area contributed by atoms with Crippen molar-refractivity contribution in [3.05, 3.63) is 29.8 Å². The van der Waals surface area contributed by atoms with E-state index in [1.54, 1.807) is 20.8 Å². The number of methoxy groups -OCH3 is 1. The minimum atomic E-state index is -6.37. The standard InChI is InChI=1S/C16H19F7O2/c1-13(2,3)25-11-7-5-6-10(8-11)12(24-4)9-14(17,18)15(19,20)16(21,22)23/h5-8,12H,9H2,1-4H3. The maximum Gasteiger partial charge on any atom is 0.459 e. The predicted octanol–water partition coefficient (Wildman–Crippen LogP) is 5.77. The van der Waals surface area contributed by atoms with E-state index in [0.717, 1.165) is 7.11 Å². The van der Waals surface area contributed by atoms with Crippen molar-refractivity contribution in [2.75, 3.05) is 7.11 Å². The van der Waals surface area contributed by atoms with E-state index in [0.29, 0.717) is 0 Å². The number of hydrogen-bond donors (Lipinski definition) is 0. The van der Waals surface area contributed by atoms with Gasteiger partial charge in [0, 0.05) is 13.5 Å². The minimum absolute atomic E-state index is 0.00176. The first-order valence-electron chi connectivity index (χ1n) is 7.25. The van der Waals surface area contributed by atoms with Gasteiger partial charge in [-0.1, -0.05) is 12.1 Å². The molecule has 0 aliphatic heterocycles. The molecule has 0 aromatic heterocycles. The number of benzene rings is 1. The molecule has 0 N–H and O–H groups in total. The SMILES string of the molecule is COC(CC(F)(F)C(F)(F)C(F)(F)F)c1cccc(OC(C)(C)C)c1. The molecule has 0 saturated heterocycles. The van der Waals surface area contributed by atoms with Crippen molar-refractivity contribution in [2.24, 2.45) is 0 Å². The molecule has 0 aliphatic carbocycles. The largest absolute Gasteiger partial charge is 0.488 e. The fourth-order valence-electron chi connectivity index (χ4n) is 2.04. The Balaban J connectivity index is 3.09. The third-order valence-electron chi connectivity index (χ3n) is 3.20. The van der Waals surface area contributed by atoms with Gasteiger partial charge in [0.2, 0.25) is 0 Å². The summed E-state index contributed by atoms with van der Waals surface area (Å²) in [6.07, 6.45) is -9.88. The topological polar surface area (TPSA) is 18.5 Å². The van der Waals surface area contributed by atoms with Crippen LogP contribution < -0.4 is 4.74 Å². The molecule has 0 amide bonds. The summed E-state index contributed by atoms with van der Waals surface area (Å²) in [6, 6.07) is 5.46. The first-order chi connectivity index (χ1) is 11.1. The number of rotatable bonds is 6. The summed E-state index contributed by atoms with van der Waals surface area (Å²) < 4.78 is 100. The van der Waals surface area contributed by atoms with Crippen LogP contribution in [0.1, 0.15) is 38.9 Å². The average molecular weight is 376 g/mol. The molecule has 9 heteroatoms. The fraction of sp³-hybridized carbons (Fsp3) is 0.625. The van der Waals surface area contributed by atoms with E-state index in [1.807, 2.05) is 0 Å². The third kappa shape index (κ3) is 5.23. The van der Waals surface area contributed by atoms with Crippen LogP contribution in [0.15, 0.2) is 24.3 Å². The van der Waals surface area contributed by atoms with Crippen LogP contribution in [0.4, 0.5) is 30.7 Å². The van der Waals surface area contributed by atoms with Gasteiger partial charge >= 0.3 is 18.0 Å². The fourth-order valence-corrected chi connectivity index (χ4v) is 2.04. The second kappa shape index (κ2) is 7.01. The predicted molar refractivity (Wildman–Crippen MR) is 77.1 cm³/mol. The van der Waals surface area contributed by atoms with E-state index < -0.39 is 36.1 Å². The van der Waals surface area contributed by atoms with Crippen molar-refractivity contribution in [3.63, 3.8) is 0 Å². The van der Waals surface area contributed by atoms with E-state index in [1.165, 1.54) is 24.3 Å². The summed E-state index contributed by atoms with van der Waals surface area (Å²) in [7, 11) is 0.948. The molecular weight excluding hydrogens is 357 g/mol. The molecule has 1 aromatic rings. The highest BCUT2D eigenvalue weighted by atomic mass is 19.4. The maximum atomic E-state index is 13.6. The number of halogens is 7. The van der Waals surface area contributed by atoms with E-state index in [-0.39, 0.29) is 11.3 Å². The van der Waals surface area contributed by atoms with Crippen LogP contribution in [-0.4, -0.2) is 30.7 Å². The molecule has 0 bridgehead atoms. The Morgan fingerprint density at radius 1 is 0.960 bits per heavy atom. The van der Waals surface area contributed by atoms with Gasteiger partial charge in [0.15, 0.2) is 0 Å². The molecule has 1 rings (SSSR count). The van der Waals surface area contributed by atoms with Crippen LogP contribution in [0.3, 0.4) is 0 Å². The van der Waals surface area contributed by atoms with Crippen molar-refractivity contribution >= 4 is 0 Å². The zero-order chi connectivity index (χ0) is 19.7. The Morgan fingerprint density at radius 3 is 1.96 bits per heavy atom. The molecule has 0 radical (unpaired) electrons. The normalized spacial score (nSPS) is 15.2. The molecule has 0 fully saturated rings. The van der Waals surface area contributed by atoms with Crippen LogP contribution in [-0.2, 0) is 4.74 Å². The molecule has 1 atom stereocenters. The molecule has 0 saturated carbocycles. The van der Waals surface area contributed by atoms with Gasteiger partial charge < -0.3 is 9.47 Å². The van der Waals surface area contributed by atoms with Crippen LogP contribution in [0.25, 0.3) is 0 Å². The summed E-state index contributed by atoms with van der Waals surface area (Å²) in [5.74, 6) is -11.3. The quantitative estimate of drug-likeness (QED) is 0.587. The summed E-state index contributed by atoms with van der Waals surface area (Å²) in [6.45, 7) is 5.18. The second-order valence-corrected chi connectivity index (χ2v) is 6.49. The zero-order valence-corrected chi connectivity index (χ0v) is 14.1.